The molecule has 0 aliphatic carbocycles. The Bertz CT molecular complexity index is 666. The summed E-state index contributed by atoms with van der Waals surface area (Å²) in [6.45, 7) is 10.1. The number of amides is 1. The Hall–Kier alpha value is -2.08. The van der Waals surface area contributed by atoms with Crippen LogP contribution in [-0.2, 0) is 17.9 Å². The van der Waals surface area contributed by atoms with Crippen LogP contribution in [0.1, 0.15) is 57.1 Å². The fourth-order valence-electron chi connectivity index (χ4n) is 4.13. The SMILES string of the molecule is CCNC(=NCc1ccc(CN2CCCCC2C)cc1)NCC(=O)N1CCCC1. The summed E-state index contributed by atoms with van der Waals surface area (Å²) in [5, 5.41) is 6.41. The van der Waals surface area contributed by atoms with Gasteiger partial charge in [0.1, 0.15) is 0 Å². The highest BCUT2D eigenvalue weighted by Crippen LogP contribution is 2.19. The first-order valence-corrected chi connectivity index (χ1v) is 11.3. The first-order chi connectivity index (χ1) is 14.2. The summed E-state index contributed by atoms with van der Waals surface area (Å²) in [5.41, 5.74) is 2.55. The molecule has 1 atom stereocenters. The molecule has 2 N–H and O–H groups in total. The van der Waals surface area contributed by atoms with Crippen LogP contribution >= 0.6 is 0 Å². The van der Waals surface area contributed by atoms with E-state index in [2.05, 4.69) is 51.7 Å². The van der Waals surface area contributed by atoms with Gasteiger partial charge >= 0.3 is 0 Å². The highest BCUT2D eigenvalue weighted by atomic mass is 16.2. The number of nitrogens with one attached hydrogen (secondary N) is 2. The molecule has 1 unspecified atom stereocenters. The van der Waals surface area contributed by atoms with Crippen LogP contribution in [0.25, 0.3) is 0 Å². The largest absolute Gasteiger partial charge is 0.357 e. The van der Waals surface area contributed by atoms with Crippen molar-refractivity contribution in [3.05, 3.63) is 35.4 Å². The lowest BCUT2D eigenvalue weighted by Crippen LogP contribution is -2.44. The summed E-state index contributed by atoms with van der Waals surface area (Å²) < 4.78 is 0. The zero-order valence-electron chi connectivity index (χ0n) is 18.1. The van der Waals surface area contributed by atoms with E-state index >= 15 is 0 Å². The number of carbonyl (C=O) groups is 1. The topological polar surface area (TPSA) is 60.0 Å². The average Bonchev–Trinajstić information content (AvgIpc) is 3.28. The Morgan fingerprint density at radius 3 is 2.41 bits per heavy atom. The molecule has 29 heavy (non-hydrogen) atoms. The second-order valence-electron chi connectivity index (χ2n) is 8.27. The summed E-state index contributed by atoms with van der Waals surface area (Å²) in [5.74, 6) is 0.857. The normalized spacial score (nSPS) is 20.7. The summed E-state index contributed by atoms with van der Waals surface area (Å²) in [4.78, 5) is 21.4. The molecule has 0 spiro atoms. The number of guanidine groups is 1. The van der Waals surface area contributed by atoms with Crippen molar-refractivity contribution in [2.24, 2.45) is 4.99 Å². The van der Waals surface area contributed by atoms with Crippen molar-refractivity contribution in [2.75, 3.05) is 32.7 Å². The maximum Gasteiger partial charge on any atom is 0.241 e. The number of carbonyl (C=O) groups excluding carboxylic acids is 1. The van der Waals surface area contributed by atoms with E-state index in [9.17, 15) is 4.79 Å². The van der Waals surface area contributed by atoms with Crippen LogP contribution in [-0.4, -0.2) is 60.4 Å². The lowest BCUT2D eigenvalue weighted by Gasteiger charge is -2.33. The van der Waals surface area contributed by atoms with Gasteiger partial charge in [0.05, 0.1) is 13.1 Å². The Morgan fingerprint density at radius 2 is 1.72 bits per heavy atom. The van der Waals surface area contributed by atoms with Crippen LogP contribution in [0.4, 0.5) is 0 Å². The van der Waals surface area contributed by atoms with Crippen LogP contribution in [0.3, 0.4) is 0 Å². The third-order valence-electron chi connectivity index (χ3n) is 5.98. The van der Waals surface area contributed by atoms with E-state index in [1.54, 1.807) is 0 Å². The number of hydrogen-bond donors (Lipinski definition) is 2. The predicted octanol–water partition coefficient (Wildman–Crippen LogP) is 2.74. The van der Waals surface area contributed by atoms with E-state index in [-0.39, 0.29) is 5.91 Å². The van der Waals surface area contributed by atoms with E-state index in [0.29, 0.717) is 25.1 Å². The molecule has 1 aromatic rings. The molecule has 0 saturated carbocycles. The fourth-order valence-corrected chi connectivity index (χ4v) is 4.13. The molecule has 1 aromatic carbocycles. The number of likely N-dealkylation sites (tertiary alicyclic amines) is 2. The van der Waals surface area contributed by atoms with Gasteiger partial charge in [0.2, 0.25) is 5.91 Å². The Labute approximate surface area is 175 Å². The Balaban J connectivity index is 1.49. The molecular formula is C23H37N5O. The van der Waals surface area contributed by atoms with Crippen LogP contribution in [0.15, 0.2) is 29.3 Å². The van der Waals surface area contributed by atoms with Crippen molar-refractivity contribution < 1.29 is 4.79 Å². The van der Waals surface area contributed by atoms with Crippen molar-refractivity contribution in [3.63, 3.8) is 0 Å². The van der Waals surface area contributed by atoms with Gasteiger partial charge in [-0.2, -0.15) is 0 Å². The third kappa shape index (κ3) is 6.74. The zero-order valence-corrected chi connectivity index (χ0v) is 18.1. The first kappa shape index (κ1) is 21.6. The summed E-state index contributed by atoms with van der Waals surface area (Å²) >= 11 is 0. The highest BCUT2D eigenvalue weighted by Gasteiger charge is 2.18. The van der Waals surface area contributed by atoms with Crippen LogP contribution in [0.5, 0.6) is 0 Å². The van der Waals surface area contributed by atoms with Gasteiger partial charge in [-0.15, -0.1) is 0 Å². The number of rotatable bonds is 7. The Morgan fingerprint density at radius 1 is 1.03 bits per heavy atom. The van der Waals surface area contributed by atoms with Crippen molar-refractivity contribution in [2.45, 2.75) is 65.1 Å². The van der Waals surface area contributed by atoms with Crippen LogP contribution < -0.4 is 10.6 Å². The average molecular weight is 400 g/mol. The van der Waals surface area contributed by atoms with E-state index in [1.807, 2.05) is 11.8 Å². The molecule has 0 bridgehead atoms. The van der Waals surface area contributed by atoms with Crippen molar-refractivity contribution in [1.82, 2.24) is 20.4 Å². The van der Waals surface area contributed by atoms with E-state index in [4.69, 9.17) is 0 Å². The molecule has 6 heteroatoms. The standard InChI is InChI=1S/C23H37N5O/c1-3-24-23(26-17-22(29)27-13-6-7-14-27)25-16-20-9-11-21(12-10-20)18-28-15-5-4-8-19(28)2/h9-12,19H,3-8,13-18H2,1-2H3,(H2,24,25,26). The van der Waals surface area contributed by atoms with E-state index in [1.165, 1.54) is 36.9 Å². The molecule has 2 aliphatic heterocycles. The lowest BCUT2D eigenvalue weighted by molar-refractivity contribution is -0.128. The summed E-state index contributed by atoms with van der Waals surface area (Å²) in [6, 6.07) is 9.48. The number of benzene rings is 1. The number of aliphatic imine (C=N–C) groups is 1. The van der Waals surface area contributed by atoms with Gasteiger partial charge in [0.25, 0.3) is 0 Å². The Kier molecular flexibility index (Phi) is 8.35. The van der Waals surface area contributed by atoms with E-state index in [0.717, 1.165) is 39.0 Å². The van der Waals surface area contributed by atoms with Crippen molar-refractivity contribution >= 4 is 11.9 Å². The van der Waals surface area contributed by atoms with Crippen molar-refractivity contribution in [1.29, 1.82) is 0 Å². The smallest absolute Gasteiger partial charge is 0.241 e. The second kappa shape index (κ2) is 11.2. The molecule has 160 valence electrons. The molecule has 2 aliphatic rings. The van der Waals surface area contributed by atoms with Crippen molar-refractivity contribution in [3.8, 4) is 0 Å². The number of hydrogen-bond acceptors (Lipinski definition) is 3. The van der Waals surface area contributed by atoms with Crippen LogP contribution in [0.2, 0.25) is 0 Å². The quantitative estimate of drug-likeness (QED) is 0.547. The summed E-state index contributed by atoms with van der Waals surface area (Å²) in [7, 11) is 0. The molecule has 0 aromatic heterocycles. The third-order valence-corrected chi connectivity index (χ3v) is 5.98. The van der Waals surface area contributed by atoms with Gasteiger partial charge < -0.3 is 15.5 Å². The molecule has 2 fully saturated rings. The predicted molar refractivity (Wildman–Crippen MR) is 119 cm³/mol. The second-order valence-corrected chi connectivity index (χ2v) is 8.27. The van der Waals surface area contributed by atoms with Gasteiger partial charge in [-0.3, -0.25) is 9.69 Å². The number of nitrogens with zero attached hydrogens (tertiary/aromatic N) is 3. The molecule has 2 saturated heterocycles. The summed E-state index contributed by atoms with van der Waals surface area (Å²) in [6.07, 6.45) is 6.23. The first-order valence-electron chi connectivity index (χ1n) is 11.3. The fraction of sp³-hybridized carbons (Fsp3) is 0.652. The maximum atomic E-state index is 12.2. The molecule has 6 nitrogen and oxygen atoms in total. The van der Waals surface area contributed by atoms with Gasteiger partial charge in [-0.25, -0.2) is 4.99 Å². The zero-order chi connectivity index (χ0) is 20.5. The lowest BCUT2D eigenvalue weighted by atomic mass is 10.0. The van der Waals surface area contributed by atoms with Gasteiger partial charge in [-0.1, -0.05) is 30.7 Å². The molecule has 3 rings (SSSR count). The monoisotopic (exact) mass is 399 g/mol. The van der Waals surface area contributed by atoms with Gasteiger partial charge in [0, 0.05) is 32.2 Å². The highest BCUT2D eigenvalue weighted by molar-refractivity contribution is 5.86. The minimum absolute atomic E-state index is 0.157. The molecule has 0 radical (unpaired) electrons. The minimum Gasteiger partial charge on any atom is -0.357 e. The van der Waals surface area contributed by atoms with Gasteiger partial charge in [0.15, 0.2) is 5.96 Å². The molecule has 1 amide bonds. The maximum absolute atomic E-state index is 12.2. The minimum atomic E-state index is 0.157. The molecular weight excluding hydrogens is 362 g/mol. The number of piperidine rings is 1. The van der Waals surface area contributed by atoms with Gasteiger partial charge in [-0.05, 0) is 57.2 Å². The molecule has 2 heterocycles. The van der Waals surface area contributed by atoms with E-state index < -0.39 is 0 Å². The van der Waals surface area contributed by atoms with Crippen LogP contribution in [0, 0.1) is 0 Å².